The van der Waals surface area contributed by atoms with E-state index in [2.05, 4.69) is 37.6 Å². The molecule has 0 amide bonds. The summed E-state index contributed by atoms with van der Waals surface area (Å²) in [5.74, 6) is 0. The van der Waals surface area contributed by atoms with E-state index in [0.717, 1.165) is 24.2 Å². The zero-order valence-electron chi connectivity index (χ0n) is 11.6. The molecule has 1 aromatic rings. The second-order valence-corrected chi connectivity index (χ2v) is 4.96. The molecule has 0 aliphatic carbocycles. The zero-order valence-corrected chi connectivity index (χ0v) is 11.6. The summed E-state index contributed by atoms with van der Waals surface area (Å²) < 4.78 is 0. The molecule has 3 nitrogen and oxygen atoms in total. The molecule has 0 aliphatic heterocycles. The number of aliphatic hydroxyl groups is 1. The van der Waals surface area contributed by atoms with E-state index < -0.39 is 6.10 Å². The number of likely N-dealkylation sites (N-methyl/N-ethyl adjacent to an activating group) is 1. The van der Waals surface area contributed by atoms with Gasteiger partial charge in [-0.2, -0.15) is 0 Å². The summed E-state index contributed by atoms with van der Waals surface area (Å²) in [7, 11) is 0. The summed E-state index contributed by atoms with van der Waals surface area (Å²) in [5, 5.41) is 10.6. The average Bonchev–Trinajstić information content (AvgIpc) is 2.30. The van der Waals surface area contributed by atoms with Crippen LogP contribution in [0.3, 0.4) is 0 Å². The summed E-state index contributed by atoms with van der Waals surface area (Å²) >= 11 is 0. The predicted octanol–water partition coefficient (Wildman–Crippen LogP) is 2.54. The van der Waals surface area contributed by atoms with Crippen LogP contribution in [0.2, 0.25) is 0 Å². The Hall–Kier alpha value is -0.930. The molecule has 0 fully saturated rings. The molecular weight excluding hydrogens is 212 g/mol. The SMILES string of the molecule is CCN(CC)C(C)(C)C(O)c1cnccc1C. The van der Waals surface area contributed by atoms with Crippen molar-refractivity contribution in [1.82, 2.24) is 9.88 Å². The third-order valence-electron chi connectivity index (χ3n) is 3.62. The van der Waals surface area contributed by atoms with Crippen molar-refractivity contribution in [1.29, 1.82) is 0 Å². The van der Waals surface area contributed by atoms with E-state index in [4.69, 9.17) is 0 Å². The highest BCUT2D eigenvalue weighted by molar-refractivity contribution is 5.26. The quantitative estimate of drug-likeness (QED) is 0.853. The van der Waals surface area contributed by atoms with E-state index in [1.165, 1.54) is 0 Å². The van der Waals surface area contributed by atoms with Crippen molar-refractivity contribution in [2.45, 2.75) is 46.3 Å². The Morgan fingerprint density at radius 3 is 2.41 bits per heavy atom. The topological polar surface area (TPSA) is 36.4 Å². The largest absolute Gasteiger partial charge is 0.386 e. The van der Waals surface area contributed by atoms with Gasteiger partial charge in [0.1, 0.15) is 0 Å². The molecule has 0 aliphatic rings. The summed E-state index contributed by atoms with van der Waals surface area (Å²) in [6, 6.07) is 1.94. The van der Waals surface area contributed by atoms with Crippen molar-refractivity contribution in [3.05, 3.63) is 29.6 Å². The zero-order chi connectivity index (χ0) is 13.1. The Bertz CT molecular complexity index is 359. The van der Waals surface area contributed by atoms with Crippen LogP contribution in [-0.2, 0) is 0 Å². The monoisotopic (exact) mass is 236 g/mol. The minimum absolute atomic E-state index is 0.280. The molecule has 1 rings (SSSR count). The fraction of sp³-hybridized carbons (Fsp3) is 0.643. The van der Waals surface area contributed by atoms with Gasteiger partial charge in [0.15, 0.2) is 0 Å². The molecule has 1 atom stereocenters. The molecule has 17 heavy (non-hydrogen) atoms. The van der Waals surface area contributed by atoms with Gasteiger partial charge in [0, 0.05) is 23.5 Å². The molecule has 0 saturated heterocycles. The van der Waals surface area contributed by atoms with Gasteiger partial charge in [-0.15, -0.1) is 0 Å². The number of aryl methyl sites for hydroxylation is 1. The summed E-state index contributed by atoms with van der Waals surface area (Å²) in [5.41, 5.74) is 1.73. The molecular formula is C14H24N2O. The van der Waals surface area contributed by atoms with Crippen molar-refractivity contribution in [3.63, 3.8) is 0 Å². The van der Waals surface area contributed by atoms with E-state index >= 15 is 0 Å². The van der Waals surface area contributed by atoms with E-state index in [1.54, 1.807) is 12.4 Å². The first kappa shape index (κ1) is 14.1. The van der Waals surface area contributed by atoms with Gasteiger partial charge in [0.05, 0.1) is 6.10 Å². The van der Waals surface area contributed by atoms with Gasteiger partial charge in [-0.1, -0.05) is 13.8 Å². The third kappa shape index (κ3) is 2.85. The van der Waals surface area contributed by atoms with Crippen LogP contribution >= 0.6 is 0 Å². The number of pyridine rings is 1. The van der Waals surface area contributed by atoms with Gasteiger partial charge < -0.3 is 5.11 Å². The standard InChI is InChI=1S/C14H24N2O/c1-6-16(7-2)14(4,5)13(17)12-10-15-9-8-11(12)3/h8-10,13,17H,6-7H2,1-5H3. The molecule has 1 heterocycles. The van der Waals surface area contributed by atoms with Crippen molar-refractivity contribution in [2.75, 3.05) is 13.1 Å². The summed E-state index contributed by atoms with van der Waals surface area (Å²) in [6.07, 6.45) is 3.01. The first-order chi connectivity index (χ1) is 7.95. The molecule has 0 radical (unpaired) electrons. The molecule has 3 heteroatoms. The first-order valence-electron chi connectivity index (χ1n) is 6.28. The maximum absolute atomic E-state index is 10.6. The molecule has 0 spiro atoms. The van der Waals surface area contributed by atoms with Crippen LogP contribution in [0.5, 0.6) is 0 Å². The Morgan fingerprint density at radius 1 is 1.35 bits per heavy atom. The van der Waals surface area contributed by atoms with Gasteiger partial charge >= 0.3 is 0 Å². The van der Waals surface area contributed by atoms with Crippen LogP contribution in [0.1, 0.15) is 44.9 Å². The molecule has 1 N–H and O–H groups in total. The maximum Gasteiger partial charge on any atom is 0.0985 e. The Morgan fingerprint density at radius 2 is 1.94 bits per heavy atom. The number of nitrogens with zero attached hydrogens (tertiary/aromatic N) is 2. The molecule has 0 bridgehead atoms. The summed E-state index contributed by atoms with van der Waals surface area (Å²) in [4.78, 5) is 6.38. The highest BCUT2D eigenvalue weighted by Gasteiger charge is 2.34. The molecule has 0 aromatic carbocycles. The second kappa shape index (κ2) is 5.61. The van der Waals surface area contributed by atoms with Gasteiger partial charge in [-0.05, 0) is 45.5 Å². The van der Waals surface area contributed by atoms with E-state index in [1.807, 2.05) is 13.0 Å². The maximum atomic E-state index is 10.6. The third-order valence-corrected chi connectivity index (χ3v) is 3.62. The molecule has 0 saturated carbocycles. The molecule has 96 valence electrons. The van der Waals surface area contributed by atoms with Crippen molar-refractivity contribution in [2.24, 2.45) is 0 Å². The minimum Gasteiger partial charge on any atom is -0.386 e. The fourth-order valence-electron chi connectivity index (χ4n) is 2.35. The van der Waals surface area contributed by atoms with Gasteiger partial charge in [-0.3, -0.25) is 9.88 Å². The van der Waals surface area contributed by atoms with Crippen LogP contribution in [0.25, 0.3) is 0 Å². The predicted molar refractivity (Wildman–Crippen MR) is 70.9 cm³/mol. The number of hydrogen-bond acceptors (Lipinski definition) is 3. The number of hydrogen-bond donors (Lipinski definition) is 1. The Labute approximate surface area is 104 Å². The van der Waals surface area contributed by atoms with Crippen LogP contribution in [0.4, 0.5) is 0 Å². The van der Waals surface area contributed by atoms with E-state index in [0.29, 0.717) is 0 Å². The normalized spacial score (nSPS) is 14.1. The Balaban J connectivity index is 3.03. The second-order valence-electron chi connectivity index (χ2n) is 4.96. The minimum atomic E-state index is -0.518. The Kier molecular flexibility index (Phi) is 4.66. The van der Waals surface area contributed by atoms with Gasteiger partial charge in [0.2, 0.25) is 0 Å². The molecule has 1 aromatic heterocycles. The highest BCUT2D eigenvalue weighted by atomic mass is 16.3. The number of rotatable bonds is 5. The lowest BCUT2D eigenvalue weighted by atomic mass is 9.88. The fourth-order valence-corrected chi connectivity index (χ4v) is 2.35. The lowest BCUT2D eigenvalue weighted by Crippen LogP contribution is -2.48. The van der Waals surface area contributed by atoms with E-state index in [-0.39, 0.29) is 5.54 Å². The van der Waals surface area contributed by atoms with Crippen LogP contribution in [0, 0.1) is 6.92 Å². The van der Waals surface area contributed by atoms with Crippen LogP contribution < -0.4 is 0 Å². The smallest absolute Gasteiger partial charge is 0.0985 e. The lowest BCUT2D eigenvalue weighted by Gasteiger charge is -2.41. The molecule has 1 unspecified atom stereocenters. The van der Waals surface area contributed by atoms with Gasteiger partial charge in [-0.25, -0.2) is 0 Å². The van der Waals surface area contributed by atoms with Crippen LogP contribution in [-0.4, -0.2) is 33.6 Å². The summed E-state index contributed by atoms with van der Waals surface area (Å²) in [6.45, 7) is 12.3. The van der Waals surface area contributed by atoms with Crippen molar-refractivity contribution < 1.29 is 5.11 Å². The van der Waals surface area contributed by atoms with E-state index in [9.17, 15) is 5.11 Å². The number of aliphatic hydroxyl groups excluding tert-OH is 1. The van der Waals surface area contributed by atoms with Crippen molar-refractivity contribution >= 4 is 0 Å². The average molecular weight is 236 g/mol. The first-order valence-corrected chi connectivity index (χ1v) is 6.28. The number of aromatic nitrogens is 1. The lowest BCUT2D eigenvalue weighted by molar-refractivity contribution is -0.00678. The highest BCUT2D eigenvalue weighted by Crippen LogP contribution is 2.31. The van der Waals surface area contributed by atoms with Crippen LogP contribution in [0.15, 0.2) is 18.5 Å². The van der Waals surface area contributed by atoms with Gasteiger partial charge in [0.25, 0.3) is 0 Å². The van der Waals surface area contributed by atoms with Crippen molar-refractivity contribution in [3.8, 4) is 0 Å².